The number of rotatable bonds is 2. The monoisotopic (exact) mass is 210 g/mol. The lowest BCUT2D eigenvalue weighted by Crippen LogP contribution is -2.39. The van der Waals surface area contributed by atoms with E-state index in [-0.39, 0.29) is 5.91 Å². The predicted molar refractivity (Wildman–Crippen MR) is 57.4 cm³/mol. The second kappa shape index (κ2) is 4.11. The summed E-state index contributed by atoms with van der Waals surface area (Å²) in [5.41, 5.74) is 1.42. The number of amides is 1. The van der Waals surface area contributed by atoms with E-state index >= 15 is 0 Å². The Labute approximate surface area is 87.7 Å². The number of thiophene rings is 1. The smallest absolute Gasteiger partial charge is 0.236 e. The first-order valence-electron chi connectivity index (χ1n) is 4.79. The molecule has 0 spiro atoms. The maximum absolute atomic E-state index is 11.6. The summed E-state index contributed by atoms with van der Waals surface area (Å²) < 4.78 is 0. The summed E-state index contributed by atoms with van der Waals surface area (Å²) in [7, 11) is 1.80. The van der Waals surface area contributed by atoms with Crippen LogP contribution >= 0.6 is 11.3 Å². The van der Waals surface area contributed by atoms with Gasteiger partial charge in [0.2, 0.25) is 5.91 Å². The van der Waals surface area contributed by atoms with E-state index in [1.165, 1.54) is 10.4 Å². The van der Waals surface area contributed by atoms with Gasteiger partial charge in [0.05, 0.1) is 13.1 Å². The highest BCUT2D eigenvalue weighted by molar-refractivity contribution is 7.10. The Morgan fingerprint density at radius 2 is 2.57 bits per heavy atom. The molecule has 1 N–H and O–H groups in total. The van der Waals surface area contributed by atoms with Crippen molar-refractivity contribution in [3.8, 4) is 0 Å². The molecule has 2 rings (SSSR count). The molecule has 0 atom stereocenters. The number of likely N-dealkylation sites (N-methyl/N-ethyl adjacent to an activating group) is 1. The Hall–Kier alpha value is -0.870. The summed E-state index contributed by atoms with van der Waals surface area (Å²) in [6.07, 6.45) is 1.01. The number of hydrogen-bond acceptors (Lipinski definition) is 3. The summed E-state index contributed by atoms with van der Waals surface area (Å²) in [4.78, 5) is 14.9. The van der Waals surface area contributed by atoms with E-state index in [4.69, 9.17) is 0 Å². The van der Waals surface area contributed by atoms with Crippen LogP contribution in [-0.4, -0.2) is 30.9 Å². The fraction of sp³-hybridized carbons (Fsp3) is 0.500. The van der Waals surface area contributed by atoms with Gasteiger partial charge in [-0.1, -0.05) is 0 Å². The zero-order chi connectivity index (χ0) is 9.97. The highest BCUT2D eigenvalue weighted by atomic mass is 32.1. The largest absolute Gasteiger partial charge is 0.336 e. The lowest BCUT2D eigenvalue weighted by atomic mass is 10.1. The van der Waals surface area contributed by atoms with Crippen LogP contribution in [0.5, 0.6) is 0 Å². The molecule has 1 aliphatic heterocycles. The van der Waals surface area contributed by atoms with Crippen molar-refractivity contribution >= 4 is 17.2 Å². The Bertz CT molecular complexity index is 335. The molecule has 0 aromatic carbocycles. The van der Waals surface area contributed by atoms with E-state index in [0.717, 1.165) is 19.5 Å². The number of nitrogens with zero attached hydrogens (tertiary/aromatic N) is 1. The first-order valence-corrected chi connectivity index (χ1v) is 5.67. The van der Waals surface area contributed by atoms with Crippen LogP contribution < -0.4 is 5.32 Å². The van der Waals surface area contributed by atoms with Gasteiger partial charge in [0.1, 0.15) is 0 Å². The van der Waals surface area contributed by atoms with Crippen molar-refractivity contribution in [1.82, 2.24) is 10.2 Å². The Morgan fingerprint density at radius 1 is 1.71 bits per heavy atom. The zero-order valence-corrected chi connectivity index (χ0v) is 9.06. The van der Waals surface area contributed by atoms with Crippen molar-refractivity contribution in [3.63, 3.8) is 0 Å². The van der Waals surface area contributed by atoms with Crippen LogP contribution in [0.15, 0.2) is 11.4 Å². The molecular weight excluding hydrogens is 196 g/mol. The number of carbonyl (C=O) groups excluding carboxylic acids is 1. The highest BCUT2D eigenvalue weighted by Crippen LogP contribution is 2.23. The Kier molecular flexibility index (Phi) is 2.84. The average Bonchev–Trinajstić information content (AvgIpc) is 2.64. The summed E-state index contributed by atoms with van der Waals surface area (Å²) in [6.45, 7) is 2.11. The summed E-state index contributed by atoms with van der Waals surface area (Å²) >= 11 is 1.75. The molecule has 1 aromatic heterocycles. The number of fused-ring (bicyclic) bond motifs is 1. The highest BCUT2D eigenvalue weighted by Gasteiger charge is 2.20. The maximum atomic E-state index is 11.6. The van der Waals surface area contributed by atoms with Gasteiger partial charge in [-0.05, 0) is 30.5 Å². The molecule has 1 aliphatic rings. The van der Waals surface area contributed by atoms with Crippen molar-refractivity contribution in [1.29, 1.82) is 0 Å². The maximum Gasteiger partial charge on any atom is 0.236 e. The lowest BCUT2D eigenvalue weighted by molar-refractivity contribution is -0.130. The van der Waals surface area contributed by atoms with Crippen molar-refractivity contribution < 1.29 is 4.79 Å². The van der Waals surface area contributed by atoms with Crippen LogP contribution in [0.2, 0.25) is 0 Å². The molecule has 4 heteroatoms. The number of hydrogen-bond donors (Lipinski definition) is 1. The summed E-state index contributed by atoms with van der Waals surface area (Å²) in [5.74, 6) is 0.201. The average molecular weight is 210 g/mol. The number of carbonyl (C=O) groups is 1. The van der Waals surface area contributed by atoms with Gasteiger partial charge in [-0.3, -0.25) is 4.79 Å². The normalized spacial score (nSPS) is 15.4. The topological polar surface area (TPSA) is 32.3 Å². The van der Waals surface area contributed by atoms with Gasteiger partial charge >= 0.3 is 0 Å². The van der Waals surface area contributed by atoms with E-state index in [2.05, 4.69) is 16.8 Å². The molecule has 0 unspecified atom stereocenters. The Balaban J connectivity index is 2.04. The van der Waals surface area contributed by atoms with Gasteiger partial charge in [0, 0.05) is 11.4 Å². The third-order valence-electron chi connectivity index (χ3n) is 2.50. The zero-order valence-electron chi connectivity index (χ0n) is 8.25. The van der Waals surface area contributed by atoms with Crippen molar-refractivity contribution in [2.45, 2.75) is 13.0 Å². The molecule has 0 saturated carbocycles. The predicted octanol–water partition coefficient (Wildman–Crippen LogP) is 0.852. The second-order valence-corrected chi connectivity index (χ2v) is 4.47. The van der Waals surface area contributed by atoms with Crippen molar-refractivity contribution in [3.05, 3.63) is 21.9 Å². The fourth-order valence-electron chi connectivity index (χ4n) is 1.71. The Morgan fingerprint density at radius 3 is 3.36 bits per heavy atom. The molecule has 2 heterocycles. The minimum Gasteiger partial charge on any atom is -0.336 e. The van der Waals surface area contributed by atoms with Gasteiger partial charge < -0.3 is 10.2 Å². The standard InChI is InChI=1S/C10H14N2OS/c1-11-6-10(13)12-4-2-8-3-5-14-9(8)7-12/h3,5,11H,2,4,6-7H2,1H3. The molecule has 1 amide bonds. The van der Waals surface area contributed by atoms with Crippen LogP contribution in [-0.2, 0) is 17.8 Å². The van der Waals surface area contributed by atoms with Crippen LogP contribution in [0, 0.1) is 0 Å². The van der Waals surface area contributed by atoms with E-state index in [1.807, 2.05) is 4.90 Å². The van der Waals surface area contributed by atoms with Gasteiger partial charge in [-0.15, -0.1) is 11.3 Å². The first-order chi connectivity index (χ1) is 6.81. The molecule has 14 heavy (non-hydrogen) atoms. The van der Waals surface area contributed by atoms with Gasteiger partial charge in [-0.25, -0.2) is 0 Å². The van der Waals surface area contributed by atoms with E-state index < -0.39 is 0 Å². The van der Waals surface area contributed by atoms with Gasteiger partial charge in [-0.2, -0.15) is 0 Å². The van der Waals surface area contributed by atoms with Crippen LogP contribution in [0.25, 0.3) is 0 Å². The summed E-state index contributed by atoms with van der Waals surface area (Å²) in [5, 5.41) is 5.00. The molecule has 3 nitrogen and oxygen atoms in total. The van der Waals surface area contributed by atoms with E-state index in [9.17, 15) is 4.79 Å². The van der Waals surface area contributed by atoms with Crippen molar-refractivity contribution in [2.75, 3.05) is 20.1 Å². The summed E-state index contributed by atoms with van der Waals surface area (Å²) in [6, 6.07) is 2.17. The van der Waals surface area contributed by atoms with E-state index in [1.54, 1.807) is 18.4 Å². The second-order valence-electron chi connectivity index (χ2n) is 3.46. The third-order valence-corrected chi connectivity index (χ3v) is 3.45. The number of nitrogens with one attached hydrogen (secondary N) is 1. The molecular formula is C10H14N2OS. The van der Waals surface area contributed by atoms with E-state index in [0.29, 0.717) is 6.54 Å². The lowest BCUT2D eigenvalue weighted by Gasteiger charge is -2.26. The van der Waals surface area contributed by atoms with Crippen molar-refractivity contribution in [2.24, 2.45) is 0 Å². The quantitative estimate of drug-likeness (QED) is 0.785. The molecule has 0 aliphatic carbocycles. The molecule has 0 fully saturated rings. The molecule has 0 saturated heterocycles. The fourth-order valence-corrected chi connectivity index (χ4v) is 2.66. The first kappa shape index (κ1) is 9.68. The SMILES string of the molecule is CNCC(=O)N1CCc2ccsc2C1. The van der Waals surface area contributed by atoms with Gasteiger partial charge in [0.15, 0.2) is 0 Å². The molecule has 1 aromatic rings. The third kappa shape index (κ3) is 1.81. The van der Waals surface area contributed by atoms with Crippen LogP contribution in [0.4, 0.5) is 0 Å². The molecule has 0 bridgehead atoms. The minimum absolute atomic E-state index is 0.201. The van der Waals surface area contributed by atoms with Crippen LogP contribution in [0.1, 0.15) is 10.4 Å². The van der Waals surface area contributed by atoms with Gasteiger partial charge in [0.25, 0.3) is 0 Å². The minimum atomic E-state index is 0.201. The molecule has 76 valence electrons. The molecule has 0 radical (unpaired) electrons. The van der Waals surface area contributed by atoms with Crippen LogP contribution in [0.3, 0.4) is 0 Å².